The second-order valence-corrected chi connectivity index (χ2v) is 4.87. The highest BCUT2D eigenvalue weighted by Crippen LogP contribution is 2.33. The molecule has 2 aromatic rings. The Kier molecular flexibility index (Phi) is 4.91. The molecule has 0 fully saturated rings. The summed E-state index contributed by atoms with van der Waals surface area (Å²) in [6.07, 6.45) is 0. The fraction of sp³-hybridized carbons (Fsp3) is 0.294. The lowest BCUT2D eigenvalue weighted by molar-refractivity contribution is 0.401. The minimum absolute atomic E-state index is 0.0153. The number of ether oxygens (including phenoxy) is 1. The first-order valence-corrected chi connectivity index (χ1v) is 6.90. The average Bonchev–Trinajstić information content (AvgIpc) is 2.46. The lowest BCUT2D eigenvalue weighted by Crippen LogP contribution is -2.24. The maximum Gasteiger partial charge on any atom is 0.131 e. The number of aryl methyl sites for hydroxylation is 1. The first kappa shape index (κ1) is 15.4. The van der Waals surface area contributed by atoms with E-state index in [1.165, 1.54) is 18.2 Å². The molecule has 1 N–H and O–H groups in total. The van der Waals surface area contributed by atoms with Crippen molar-refractivity contribution in [1.82, 2.24) is 5.32 Å². The summed E-state index contributed by atoms with van der Waals surface area (Å²) in [6.45, 7) is 4.42. The molecule has 1 atom stereocenters. The van der Waals surface area contributed by atoms with Gasteiger partial charge in [-0.3, -0.25) is 0 Å². The topological polar surface area (TPSA) is 21.3 Å². The van der Waals surface area contributed by atoms with Crippen molar-refractivity contribution >= 4 is 0 Å². The Labute approximate surface area is 123 Å². The zero-order chi connectivity index (χ0) is 15.4. The first-order chi connectivity index (χ1) is 10.1. The number of rotatable bonds is 5. The molecule has 21 heavy (non-hydrogen) atoms. The van der Waals surface area contributed by atoms with Crippen molar-refractivity contribution in [3.63, 3.8) is 0 Å². The van der Waals surface area contributed by atoms with Gasteiger partial charge in [0, 0.05) is 11.1 Å². The molecule has 2 aromatic carbocycles. The fourth-order valence-electron chi connectivity index (χ4n) is 2.41. The van der Waals surface area contributed by atoms with Gasteiger partial charge in [0.25, 0.3) is 0 Å². The van der Waals surface area contributed by atoms with E-state index >= 15 is 0 Å². The Morgan fingerprint density at radius 2 is 1.81 bits per heavy atom. The van der Waals surface area contributed by atoms with Crippen molar-refractivity contribution in [2.24, 2.45) is 0 Å². The Balaban J connectivity index is 2.59. The predicted molar refractivity (Wildman–Crippen MR) is 79.6 cm³/mol. The summed E-state index contributed by atoms with van der Waals surface area (Å²) in [5.74, 6) is -0.518. The van der Waals surface area contributed by atoms with Gasteiger partial charge in [-0.15, -0.1) is 0 Å². The van der Waals surface area contributed by atoms with Crippen molar-refractivity contribution < 1.29 is 13.5 Å². The smallest absolute Gasteiger partial charge is 0.131 e. The number of benzene rings is 2. The monoisotopic (exact) mass is 291 g/mol. The van der Waals surface area contributed by atoms with E-state index in [4.69, 9.17) is 4.74 Å². The van der Waals surface area contributed by atoms with Crippen molar-refractivity contribution in [3.05, 3.63) is 64.7 Å². The van der Waals surface area contributed by atoms with Crippen LogP contribution in [0.3, 0.4) is 0 Å². The molecule has 0 saturated heterocycles. The number of hydrogen-bond donors (Lipinski definition) is 1. The third-order valence-electron chi connectivity index (χ3n) is 3.40. The predicted octanol–water partition coefficient (Wildman–Crippen LogP) is 3.98. The Bertz CT molecular complexity index is 608. The lowest BCUT2D eigenvalue weighted by atomic mass is 9.95. The summed E-state index contributed by atoms with van der Waals surface area (Å²) in [7, 11) is 1.55. The Morgan fingerprint density at radius 3 is 2.38 bits per heavy atom. The summed E-state index contributed by atoms with van der Waals surface area (Å²) in [5.41, 5.74) is 1.76. The number of methoxy groups -OCH3 is 1. The second kappa shape index (κ2) is 6.68. The van der Waals surface area contributed by atoms with Gasteiger partial charge in [0.05, 0.1) is 13.2 Å². The lowest BCUT2D eigenvalue weighted by Gasteiger charge is -2.22. The van der Waals surface area contributed by atoms with E-state index in [9.17, 15) is 8.78 Å². The van der Waals surface area contributed by atoms with Crippen LogP contribution in [0.4, 0.5) is 8.78 Å². The van der Waals surface area contributed by atoms with Gasteiger partial charge >= 0.3 is 0 Å². The largest absolute Gasteiger partial charge is 0.496 e. The zero-order valence-electron chi connectivity index (χ0n) is 12.4. The molecule has 0 spiro atoms. The molecule has 4 heteroatoms. The summed E-state index contributed by atoms with van der Waals surface area (Å²) in [6, 6.07) is 8.91. The van der Waals surface area contributed by atoms with Gasteiger partial charge in [-0.05, 0) is 37.2 Å². The van der Waals surface area contributed by atoms with Crippen LogP contribution in [0.1, 0.15) is 29.7 Å². The molecule has 112 valence electrons. The first-order valence-electron chi connectivity index (χ1n) is 6.90. The van der Waals surface area contributed by atoms with Gasteiger partial charge < -0.3 is 10.1 Å². The minimum atomic E-state index is -0.591. The molecule has 0 saturated carbocycles. The SMILES string of the molecule is CCNC(c1ccc(C)cc1OC)c1c(F)cccc1F. The van der Waals surface area contributed by atoms with Crippen molar-refractivity contribution in [2.45, 2.75) is 19.9 Å². The summed E-state index contributed by atoms with van der Waals surface area (Å²) in [5, 5.41) is 3.13. The Hall–Kier alpha value is -1.94. The maximum atomic E-state index is 14.1. The van der Waals surface area contributed by atoms with Gasteiger partial charge in [-0.25, -0.2) is 8.78 Å². The van der Waals surface area contributed by atoms with Crippen LogP contribution in [-0.4, -0.2) is 13.7 Å². The van der Waals surface area contributed by atoms with Crippen LogP contribution in [0, 0.1) is 18.6 Å². The molecular weight excluding hydrogens is 272 g/mol. The molecule has 0 amide bonds. The summed E-state index contributed by atoms with van der Waals surface area (Å²) < 4.78 is 33.6. The number of hydrogen-bond acceptors (Lipinski definition) is 2. The quantitative estimate of drug-likeness (QED) is 0.899. The zero-order valence-corrected chi connectivity index (χ0v) is 12.4. The highest BCUT2D eigenvalue weighted by molar-refractivity contribution is 5.44. The highest BCUT2D eigenvalue weighted by atomic mass is 19.1. The van der Waals surface area contributed by atoms with Gasteiger partial charge in [0.15, 0.2) is 0 Å². The van der Waals surface area contributed by atoms with Crippen LogP contribution < -0.4 is 10.1 Å². The summed E-state index contributed by atoms with van der Waals surface area (Å²) in [4.78, 5) is 0. The number of halogens is 2. The van der Waals surface area contributed by atoms with Crippen molar-refractivity contribution in [2.75, 3.05) is 13.7 Å². The molecule has 0 aliphatic rings. The summed E-state index contributed by atoms with van der Waals surface area (Å²) >= 11 is 0. The molecule has 0 aliphatic carbocycles. The number of nitrogens with one attached hydrogen (secondary N) is 1. The fourth-order valence-corrected chi connectivity index (χ4v) is 2.41. The third-order valence-corrected chi connectivity index (χ3v) is 3.40. The molecule has 0 heterocycles. The highest BCUT2D eigenvalue weighted by Gasteiger charge is 2.23. The van der Waals surface area contributed by atoms with Gasteiger partial charge in [-0.1, -0.05) is 25.1 Å². The molecule has 0 aromatic heterocycles. The normalized spacial score (nSPS) is 12.2. The Morgan fingerprint density at radius 1 is 1.14 bits per heavy atom. The van der Waals surface area contributed by atoms with E-state index in [1.807, 2.05) is 32.0 Å². The van der Waals surface area contributed by atoms with E-state index in [0.29, 0.717) is 17.9 Å². The van der Waals surface area contributed by atoms with E-state index in [-0.39, 0.29) is 5.56 Å². The average molecular weight is 291 g/mol. The maximum absolute atomic E-state index is 14.1. The molecule has 2 nitrogen and oxygen atoms in total. The molecule has 0 radical (unpaired) electrons. The molecule has 2 rings (SSSR count). The minimum Gasteiger partial charge on any atom is -0.496 e. The standard InChI is InChI=1S/C17H19F2NO/c1-4-20-17(16-13(18)6-5-7-14(16)19)12-9-8-11(2)10-15(12)21-3/h5-10,17,20H,4H2,1-3H3. The second-order valence-electron chi connectivity index (χ2n) is 4.87. The van der Waals surface area contributed by atoms with E-state index in [1.54, 1.807) is 7.11 Å². The molecule has 1 unspecified atom stereocenters. The van der Waals surface area contributed by atoms with Crippen LogP contribution in [-0.2, 0) is 0 Å². The van der Waals surface area contributed by atoms with Crippen LogP contribution in [0.25, 0.3) is 0 Å². The van der Waals surface area contributed by atoms with Crippen LogP contribution >= 0.6 is 0 Å². The van der Waals surface area contributed by atoms with E-state index in [0.717, 1.165) is 5.56 Å². The van der Waals surface area contributed by atoms with Crippen molar-refractivity contribution in [3.8, 4) is 5.75 Å². The van der Waals surface area contributed by atoms with Gasteiger partial charge in [-0.2, -0.15) is 0 Å². The van der Waals surface area contributed by atoms with Crippen LogP contribution in [0.15, 0.2) is 36.4 Å². The molecule has 0 bridgehead atoms. The van der Waals surface area contributed by atoms with Gasteiger partial charge in [0.2, 0.25) is 0 Å². The van der Waals surface area contributed by atoms with E-state index < -0.39 is 17.7 Å². The van der Waals surface area contributed by atoms with Crippen molar-refractivity contribution in [1.29, 1.82) is 0 Å². The third kappa shape index (κ3) is 3.22. The van der Waals surface area contributed by atoms with E-state index in [2.05, 4.69) is 5.32 Å². The molecular formula is C17H19F2NO. The molecule has 0 aliphatic heterocycles. The van der Waals surface area contributed by atoms with Crippen LogP contribution in [0.5, 0.6) is 5.75 Å². The van der Waals surface area contributed by atoms with Gasteiger partial charge in [0.1, 0.15) is 17.4 Å². The van der Waals surface area contributed by atoms with Crippen LogP contribution in [0.2, 0.25) is 0 Å².